The number of ether oxygens (including phenoxy) is 2. The number of aromatic nitrogens is 2. The van der Waals surface area contributed by atoms with Gasteiger partial charge >= 0.3 is 0 Å². The molecule has 0 bridgehead atoms. The lowest BCUT2D eigenvalue weighted by Crippen LogP contribution is -2.23. The van der Waals surface area contributed by atoms with Gasteiger partial charge in [-0.1, -0.05) is 26.0 Å². The minimum Gasteiger partial charge on any atom is -0.490 e. The van der Waals surface area contributed by atoms with E-state index in [1.807, 2.05) is 16.7 Å². The van der Waals surface area contributed by atoms with Crippen molar-refractivity contribution in [1.29, 1.82) is 0 Å². The van der Waals surface area contributed by atoms with Gasteiger partial charge in [0.25, 0.3) is 11.6 Å². The Bertz CT molecular complexity index is 677. The number of nitrogens with zero attached hydrogens (tertiary/aromatic N) is 2. The lowest BCUT2D eigenvalue weighted by molar-refractivity contribution is 0.143. The van der Waals surface area contributed by atoms with Crippen LogP contribution in [0.2, 0.25) is 0 Å². The van der Waals surface area contributed by atoms with Crippen molar-refractivity contribution in [1.82, 2.24) is 9.55 Å². The molecule has 5 nitrogen and oxygen atoms in total. The number of fused-ring (bicyclic) bond motifs is 1. The fourth-order valence-corrected chi connectivity index (χ4v) is 2.28. The average molecular weight is 286 g/mol. The normalized spacial score (nSPS) is 16.6. The van der Waals surface area contributed by atoms with Crippen LogP contribution in [0.3, 0.4) is 0 Å². The van der Waals surface area contributed by atoms with Crippen LogP contribution >= 0.6 is 0 Å². The third kappa shape index (κ3) is 3.07. The van der Waals surface area contributed by atoms with E-state index in [1.165, 1.54) is 11.6 Å². The van der Waals surface area contributed by atoms with Gasteiger partial charge in [0.2, 0.25) is 0 Å². The minimum absolute atomic E-state index is 0.121. The fraction of sp³-hybridized carbons (Fsp3) is 0.375. The van der Waals surface area contributed by atoms with Crippen LogP contribution in [-0.4, -0.2) is 22.3 Å². The molecule has 1 unspecified atom stereocenters. The molecule has 3 rings (SSSR count). The molecule has 5 heteroatoms. The van der Waals surface area contributed by atoms with Crippen LogP contribution in [0.25, 0.3) is 0 Å². The van der Waals surface area contributed by atoms with Crippen molar-refractivity contribution in [2.75, 3.05) is 6.61 Å². The van der Waals surface area contributed by atoms with Crippen molar-refractivity contribution in [2.24, 2.45) is 0 Å². The monoisotopic (exact) mass is 286 g/mol. The van der Waals surface area contributed by atoms with E-state index in [0.29, 0.717) is 25.1 Å². The number of hydrogen-bond donors (Lipinski definition) is 0. The van der Waals surface area contributed by atoms with Crippen LogP contribution in [0.1, 0.15) is 25.3 Å². The molecule has 1 aromatic carbocycles. The van der Waals surface area contributed by atoms with Crippen molar-refractivity contribution in [3.63, 3.8) is 0 Å². The molecule has 1 aliphatic heterocycles. The molecule has 1 atom stereocenters. The molecule has 0 amide bonds. The molecule has 1 aliphatic rings. The summed E-state index contributed by atoms with van der Waals surface area (Å²) in [6.07, 6.45) is 1.58. The number of hydrogen-bond acceptors (Lipinski definition) is 4. The molecule has 110 valence electrons. The minimum atomic E-state index is -0.285. The second kappa shape index (κ2) is 5.60. The zero-order valence-corrected chi connectivity index (χ0v) is 12.2. The van der Waals surface area contributed by atoms with Crippen LogP contribution < -0.4 is 15.0 Å². The van der Waals surface area contributed by atoms with Gasteiger partial charge in [-0.2, -0.15) is 4.98 Å². The maximum absolute atomic E-state index is 11.2. The maximum atomic E-state index is 11.2. The van der Waals surface area contributed by atoms with Gasteiger partial charge in [0.05, 0.1) is 6.54 Å². The molecule has 0 spiro atoms. The van der Waals surface area contributed by atoms with Gasteiger partial charge in [0.1, 0.15) is 12.4 Å². The molecule has 1 aromatic heterocycles. The Morgan fingerprint density at radius 2 is 2.10 bits per heavy atom. The van der Waals surface area contributed by atoms with Gasteiger partial charge in [-0.3, -0.25) is 9.36 Å². The van der Waals surface area contributed by atoms with Crippen molar-refractivity contribution in [3.05, 3.63) is 52.4 Å². The van der Waals surface area contributed by atoms with Gasteiger partial charge in [-0.25, -0.2) is 0 Å². The van der Waals surface area contributed by atoms with Crippen LogP contribution in [0.15, 0.2) is 41.3 Å². The molecule has 0 fully saturated rings. The summed E-state index contributed by atoms with van der Waals surface area (Å²) >= 11 is 0. The van der Waals surface area contributed by atoms with Gasteiger partial charge in [0.15, 0.2) is 6.10 Å². The van der Waals surface area contributed by atoms with Crippen molar-refractivity contribution < 1.29 is 9.47 Å². The highest BCUT2D eigenvalue weighted by Crippen LogP contribution is 2.20. The number of benzene rings is 1. The first-order valence-corrected chi connectivity index (χ1v) is 7.09. The summed E-state index contributed by atoms with van der Waals surface area (Å²) in [4.78, 5) is 15.0. The molecular formula is C16H18N2O3. The average Bonchev–Trinajstić information content (AvgIpc) is 2.87. The predicted octanol–water partition coefficient (Wildman–Crippen LogP) is 2.21. The van der Waals surface area contributed by atoms with Crippen LogP contribution in [-0.2, 0) is 6.54 Å². The lowest BCUT2D eigenvalue weighted by Gasteiger charge is -2.12. The van der Waals surface area contributed by atoms with Gasteiger partial charge < -0.3 is 9.47 Å². The Hall–Kier alpha value is -2.30. The second-order valence-electron chi connectivity index (χ2n) is 5.48. The van der Waals surface area contributed by atoms with E-state index >= 15 is 0 Å². The van der Waals surface area contributed by atoms with Crippen LogP contribution in [0.5, 0.6) is 11.8 Å². The summed E-state index contributed by atoms with van der Waals surface area (Å²) < 4.78 is 13.2. The van der Waals surface area contributed by atoms with Crippen LogP contribution in [0.4, 0.5) is 0 Å². The lowest BCUT2D eigenvalue weighted by atomic mass is 10.0. The molecule has 2 heterocycles. The first-order valence-electron chi connectivity index (χ1n) is 7.09. The Balaban J connectivity index is 1.58. The van der Waals surface area contributed by atoms with Crippen molar-refractivity contribution in [3.8, 4) is 11.8 Å². The molecule has 2 aromatic rings. The topological polar surface area (TPSA) is 53.4 Å². The molecular weight excluding hydrogens is 268 g/mol. The fourth-order valence-electron chi connectivity index (χ4n) is 2.28. The zero-order valence-electron chi connectivity index (χ0n) is 12.2. The quantitative estimate of drug-likeness (QED) is 0.864. The summed E-state index contributed by atoms with van der Waals surface area (Å²) in [7, 11) is 0. The Morgan fingerprint density at radius 1 is 1.33 bits per heavy atom. The largest absolute Gasteiger partial charge is 0.490 e. The Labute approximate surface area is 123 Å². The maximum Gasteiger partial charge on any atom is 0.300 e. The predicted molar refractivity (Wildman–Crippen MR) is 78.9 cm³/mol. The Morgan fingerprint density at radius 3 is 2.81 bits per heavy atom. The summed E-state index contributed by atoms with van der Waals surface area (Å²) in [6, 6.07) is 9.89. The van der Waals surface area contributed by atoms with E-state index in [4.69, 9.17) is 9.47 Å². The highest BCUT2D eigenvalue weighted by atomic mass is 16.6. The number of rotatable bonds is 4. The SMILES string of the molecule is CC(C)c1ccc(OCC2Cn3ccc(=O)nc3O2)cc1. The zero-order chi connectivity index (χ0) is 14.8. The smallest absolute Gasteiger partial charge is 0.300 e. The molecule has 21 heavy (non-hydrogen) atoms. The van der Waals surface area contributed by atoms with E-state index in [-0.39, 0.29) is 11.7 Å². The van der Waals surface area contributed by atoms with Crippen molar-refractivity contribution in [2.45, 2.75) is 32.4 Å². The third-order valence-corrected chi connectivity index (χ3v) is 3.50. The van der Waals surface area contributed by atoms with Crippen LogP contribution in [0, 0.1) is 0 Å². The Kier molecular flexibility index (Phi) is 3.64. The van der Waals surface area contributed by atoms with Gasteiger partial charge in [0, 0.05) is 12.3 Å². The summed E-state index contributed by atoms with van der Waals surface area (Å²) in [5, 5.41) is 0. The van der Waals surface area contributed by atoms with E-state index < -0.39 is 0 Å². The van der Waals surface area contributed by atoms with E-state index in [2.05, 4.69) is 31.0 Å². The van der Waals surface area contributed by atoms with E-state index in [9.17, 15) is 4.79 Å². The first-order chi connectivity index (χ1) is 10.1. The van der Waals surface area contributed by atoms with E-state index in [1.54, 1.807) is 6.20 Å². The molecule has 0 aliphatic carbocycles. The first kappa shape index (κ1) is 13.7. The molecule has 0 N–H and O–H groups in total. The molecule has 0 saturated heterocycles. The standard InChI is InChI=1S/C16H18N2O3/c1-11(2)12-3-5-13(6-4-12)20-10-14-9-18-8-7-15(19)17-16(18)21-14/h3-8,11,14H,9-10H2,1-2H3. The van der Waals surface area contributed by atoms with Gasteiger partial charge in [-0.05, 0) is 23.6 Å². The molecule has 0 saturated carbocycles. The molecule has 0 radical (unpaired) electrons. The summed E-state index contributed by atoms with van der Waals surface area (Å²) in [6.45, 7) is 5.40. The highest BCUT2D eigenvalue weighted by molar-refractivity contribution is 5.28. The second-order valence-corrected chi connectivity index (χ2v) is 5.48. The van der Waals surface area contributed by atoms with Gasteiger partial charge in [-0.15, -0.1) is 0 Å². The summed E-state index contributed by atoms with van der Waals surface area (Å²) in [5.74, 6) is 1.33. The summed E-state index contributed by atoms with van der Waals surface area (Å²) in [5.41, 5.74) is 1.00. The van der Waals surface area contributed by atoms with E-state index in [0.717, 1.165) is 5.75 Å². The van der Waals surface area contributed by atoms with Crippen molar-refractivity contribution >= 4 is 0 Å². The highest BCUT2D eigenvalue weighted by Gasteiger charge is 2.23. The third-order valence-electron chi connectivity index (χ3n) is 3.50.